The molecule has 0 aliphatic carbocycles. The number of nitrogens with one attached hydrogen (secondary N) is 1. The Hall–Kier alpha value is -2.00. The highest BCUT2D eigenvalue weighted by atomic mass is 35.5. The standard InChI is InChI=1S/C20H20Cl2N2O5S/c21-13-8-14(10-17(9-13)29-16-4-6-28-12-16)23-20(25)18-11-15(2-3-19(18)22)24-5-1-7-30(24,26)27/h2-3,8-11,16H,1,4-7,12H2,(H,23,25)/t16-/m1/s1. The van der Waals surface area contributed by atoms with Crippen molar-refractivity contribution in [3.63, 3.8) is 0 Å². The number of ether oxygens (including phenoxy) is 2. The summed E-state index contributed by atoms with van der Waals surface area (Å²) in [5, 5.41) is 3.38. The first-order valence-corrected chi connectivity index (χ1v) is 11.8. The third kappa shape index (κ3) is 4.67. The first-order chi connectivity index (χ1) is 14.3. The number of halogens is 2. The maximum absolute atomic E-state index is 12.9. The average molecular weight is 471 g/mol. The van der Waals surface area contributed by atoms with Crippen molar-refractivity contribution in [1.82, 2.24) is 0 Å². The fourth-order valence-corrected chi connectivity index (χ4v) is 5.46. The third-order valence-corrected chi connectivity index (χ3v) is 7.32. The fraction of sp³-hybridized carbons (Fsp3) is 0.350. The predicted octanol–water partition coefficient (Wildman–Crippen LogP) is 3.95. The highest BCUT2D eigenvalue weighted by molar-refractivity contribution is 7.93. The van der Waals surface area contributed by atoms with Gasteiger partial charge in [0.2, 0.25) is 10.0 Å². The summed E-state index contributed by atoms with van der Waals surface area (Å²) < 4.78 is 36.8. The molecule has 2 heterocycles. The van der Waals surface area contributed by atoms with Crippen molar-refractivity contribution in [3.8, 4) is 5.75 Å². The van der Waals surface area contributed by atoms with Crippen LogP contribution in [0.25, 0.3) is 0 Å². The van der Waals surface area contributed by atoms with Crippen molar-refractivity contribution >= 4 is 50.5 Å². The van der Waals surface area contributed by atoms with Crippen molar-refractivity contribution in [1.29, 1.82) is 0 Å². The lowest BCUT2D eigenvalue weighted by Crippen LogP contribution is -2.25. The van der Waals surface area contributed by atoms with E-state index in [1.807, 2.05) is 0 Å². The van der Waals surface area contributed by atoms with E-state index >= 15 is 0 Å². The number of nitrogens with zero attached hydrogens (tertiary/aromatic N) is 1. The Bertz CT molecular complexity index is 1070. The van der Waals surface area contributed by atoms with Crippen LogP contribution < -0.4 is 14.4 Å². The number of hydrogen-bond donors (Lipinski definition) is 1. The number of anilines is 2. The quantitative estimate of drug-likeness (QED) is 0.714. The van der Waals surface area contributed by atoms with Gasteiger partial charge in [0.25, 0.3) is 5.91 Å². The topological polar surface area (TPSA) is 84.9 Å². The molecule has 0 unspecified atom stereocenters. The third-order valence-electron chi connectivity index (χ3n) is 4.90. The van der Waals surface area contributed by atoms with E-state index in [0.717, 1.165) is 6.42 Å². The van der Waals surface area contributed by atoms with Crippen LogP contribution in [0, 0.1) is 0 Å². The monoisotopic (exact) mass is 470 g/mol. The van der Waals surface area contributed by atoms with Crippen LogP contribution in [-0.4, -0.2) is 45.9 Å². The van der Waals surface area contributed by atoms with Crippen molar-refractivity contribution < 1.29 is 22.7 Å². The van der Waals surface area contributed by atoms with Gasteiger partial charge in [0.05, 0.1) is 35.2 Å². The zero-order valence-corrected chi connectivity index (χ0v) is 18.3. The molecule has 4 rings (SSSR count). The Morgan fingerprint density at radius 2 is 2.03 bits per heavy atom. The van der Waals surface area contributed by atoms with Crippen LogP contribution in [0.15, 0.2) is 36.4 Å². The first-order valence-electron chi connectivity index (χ1n) is 9.48. The Morgan fingerprint density at radius 3 is 2.73 bits per heavy atom. The smallest absolute Gasteiger partial charge is 0.257 e. The molecule has 10 heteroatoms. The lowest BCUT2D eigenvalue weighted by Gasteiger charge is -2.18. The Labute approximate surface area is 184 Å². The van der Waals surface area contributed by atoms with E-state index in [1.165, 1.54) is 16.4 Å². The molecule has 7 nitrogen and oxygen atoms in total. The first kappa shape index (κ1) is 21.2. The van der Waals surface area contributed by atoms with E-state index in [1.54, 1.807) is 24.3 Å². The summed E-state index contributed by atoms with van der Waals surface area (Å²) in [5.41, 5.74) is 1.03. The molecule has 0 bridgehead atoms. The number of benzene rings is 2. The van der Waals surface area contributed by atoms with Crippen molar-refractivity contribution in [2.75, 3.05) is 35.1 Å². The van der Waals surface area contributed by atoms with Crippen LogP contribution in [0.2, 0.25) is 10.0 Å². The van der Waals surface area contributed by atoms with Gasteiger partial charge in [-0.15, -0.1) is 0 Å². The van der Waals surface area contributed by atoms with Crippen LogP contribution in [0.5, 0.6) is 5.75 Å². The highest BCUT2D eigenvalue weighted by Gasteiger charge is 2.29. The van der Waals surface area contributed by atoms with E-state index in [2.05, 4.69) is 5.32 Å². The fourth-order valence-electron chi connectivity index (χ4n) is 3.47. The molecule has 2 fully saturated rings. The van der Waals surface area contributed by atoms with Crippen LogP contribution in [0.4, 0.5) is 11.4 Å². The number of hydrogen-bond acceptors (Lipinski definition) is 5. The second-order valence-corrected chi connectivity index (χ2v) is 10.00. The summed E-state index contributed by atoms with van der Waals surface area (Å²) in [5.74, 6) is 0.140. The molecule has 1 amide bonds. The number of sulfonamides is 1. The van der Waals surface area contributed by atoms with Gasteiger partial charge in [-0.2, -0.15) is 0 Å². The van der Waals surface area contributed by atoms with E-state index in [9.17, 15) is 13.2 Å². The van der Waals surface area contributed by atoms with Crippen LogP contribution >= 0.6 is 23.2 Å². The minimum absolute atomic E-state index is 0.0550. The van der Waals surface area contributed by atoms with Gasteiger partial charge >= 0.3 is 0 Å². The second-order valence-electron chi connectivity index (χ2n) is 7.14. The normalized spacial score (nSPS) is 20.3. The minimum Gasteiger partial charge on any atom is -0.488 e. The zero-order valence-electron chi connectivity index (χ0n) is 15.9. The molecule has 1 atom stereocenters. The molecule has 0 saturated carbocycles. The van der Waals surface area contributed by atoms with Crippen molar-refractivity contribution in [2.24, 2.45) is 0 Å². The van der Waals surface area contributed by atoms with E-state index in [-0.39, 0.29) is 22.4 Å². The van der Waals surface area contributed by atoms with Gasteiger partial charge < -0.3 is 14.8 Å². The maximum atomic E-state index is 12.9. The maximum Gasteiger partial charge on any atom is 0.257 e. The lowest BCUT2D eigenvalue weighted by molar-refractivity contribution is 0.102. The van der Waals surface area contributed by atoms with Crippen LogP contribution in [0.1, 0.15) is 23.2 Å². The Kier molecular flexibility index (Phi) is 6.11. The number of carbonyl (C=O) groups excluding carboxylic acids is 1. The van der Waals surface area contributed by atoms with Gasteiger partial charge in [-0.25, -0.2) is 8.42 Å². The van der Waals surface area contributed by atoms with Gasteiger partial charge in [-0.3, -0.25) is 9.10 Å². The molecule has 30 heavy (non-hydrogen) atoms. The summed E-state index contributed by atoms with van der Waals surface area (Å²) in [6, 6.07) is 9.54. The molecule has 0 radical (unpaired) electrons. The minimum atomic E-state index is -3.36. The van der Waals surface area contributed by atoms with Crippen molar-refractivity contribution in [3.05, 3.63) is 52.0 Å². The van der Waals surface area contributed by atoms with Gasteiger partial charge in [-0.1, -0.05) is 23.2 Å². The Balaban J connectivity index is 1.55. The molecule has 1 N–H and O–H groups in total. The molecule has 2 saturated heterocycles. The number of rotatable bonds is 5. The SMILES string of the molecule is O=C(Nc1cc(Cl)cc(O[C@@H]2CCOC2)c1)c1cc(N2CCCS2(=O)=O)ccc1Cl. The highest BCUT2D eigenvalue weighted by Crippen LogP contribution is 2.30. The van der Waals surface area contributed by atoms with Crippen molar-refractivity contribution in [2.45, 2.75) is 18.9 Å². The molecule has 2 aromatic carbocycles. The average Bonchev–Trinajstić information content (AvgIpc) is 3.30. The number of carbonyl (C=O) groups is 1. The van der Waals surface area contributed by atoms with E-state index in [0.29, 0.717) is 48.3 Å². The summed E-state index contributed by atoms with van der Waals surface area (Å²) >= 11 is 12.4. The van der Waals surface area contributed by atoms with E-state index < -0.39 is 15.9 Å². The molecule has 160 valence electrons. The van der Waals surface area contributed by atoms with Gasteiger partial charge in [0, 0.05) is 29.7 Å². The van der Waals surface area contributed by atoms with Gasteiger partial charge in [0.15, 0.2) is 0 Å². The van der Waals surface area contributed by atoms with Gasteiger partial charge in [0.1, 0.15) is 11.9 Å². The molecule has 0 aromatic heterocycles. The van der Waals surface area contributed by atoms with Crippen LogP contribution in [-0.2, 0) is 14.8 Å². The molecule has 2 aliphatic rings. The molecule has 2 aromatic rings. The summed E-state index contributed by atoms with van der Waals surface area (Å²) in [4.78, 5) is 12.9. The second kappa shape index (κ2) is 8.63. The summed E-state index contributed by atoms with van der Waals surface area (Å²) in [7, 11) is -3.36. The number of amides is 1. The molecular weight excluding hydrogens is 451 g/mol. The largest absolute Gasteiger partial charge is 0.488 e. The summed E-state index contributed by atoms with van der Waals surface area (Å²) in [6.07, 6.45) is 1.28. The molecular formula is C20H20Cl2N2O5S. The van der Waals surface area contributed by atoms with Gasteiger partial charge in [-0.05, 0) is 36.8 Å². The summed E-state index contributed by atoms with van der Waals surface area (Å²) in [6.45, 7) is 1.54. The molecule has 0 spiro atoms. The predicted molar refractivity (Wildman–Crippen MR) is 116 cm³/mol. The zero-order chi connectivity index (χ0) is 21.3. The Morgan fingerprint density at radius 1 is 1.20 bits per heavy atom. The van der Waals surface area contributed by atoms with Crippen LogP contribution in [0.3, 0.4) is 0 Å². The molecule has 2 aliphatic heterocycles. The van der Waals surface area contributed by atoms with E-state index in [4.69, 9.17) is 32.7 Å². The lowest BCUT2D eigenvalue weighted by atomic mass is 10.1.